The van der Waals surface area contributed by atoms with Crippen LogP contribution in [0.1, 0.15) is 18.9 Å². The molecule has 1 aromatic rings. The summed E-state index contributed by atoms with van der Waals surface area (Å²) >= 11 is 3.52. The van der Waals surface area contributed by atoms with Crippen LogP contribution >= 0.6 is 39.9 Å². The Morgan fingerprint density at radius 1 is 1.31 bits per heavy atom. The van der Waals surface area contributed by atoms with Gasteiger partial charge in [-0.3, -0.25) is 4.90 Å². The van der Waals surface area contributed by atoms with Crippen LogP contribution in [0.25, 0.3) is 0 Å². The number of guanidine groups is 1. The number of aliphatic imine (C=N–C) groups is 1. The van der Waals surface area contributed by atoms with E-state index < -0.39 is 0 Å². The minimum absolute atomic E-state index is 0. The fourth-order valence-corrected chi connectivity index (χ4v) is 3.24. The van der Waals surface area contributed by atoms with Gasteiger partial charge < -0.3 is 20.1 Å². The zero-order valence-corrected chi connectivity index (χ0v) is 19.5. The smallest absolute Gasteiger partial charge is 0.191 e. The van der Waals surface area contributed by atoms with Crippen molar-refractivity contribution in [3.05, 3.63) is 28.2 Å². The SMILES string of the molecule is CCNC(=NCc1ccc(OC)c(Br)c1)NCCCN1CCOCC1.I. The molecule has 0 atom stereocenters. The van der Waals surface area contributed by atoms with Gasteiger partial charge in [0.15, 0.2) is 5.96 Å². The van der Waals surface area contributed by atoms with Crippen molar-refractivity contribution in [3.63, 3.8) is 0 Å². The Hall–Kier alpha value is -0.580. The van der Waals surface area contributed by atoms with Crippen molar-refractivity contribution in [3.8, 4) is 5.75 Å². The van der Waals surface area contributed by atoms with Crippen molar-refractivity contribution in [1.82, 2.24) is 15.5 Å². The Bertz CT molecular complexity index is 554. The highest BCUT2D eigenvalue weighted by Crippen LogP contribution is 2.25. The molecule has 2 rings (SSSR count). The van der Waals surface area contributed by atoms with E-state index in [0.29, 0.717) is 6.54 Å². The lowest BCUT2D eigenvalue weighted by Gasteiger charge is -2.26. The summed E-state index contributed by atoms with van der Waals surface area (Å²) in [5.74, 6) is 1.69. The van der Waals surface area contributed by atoms with Crippen LogP contribution in [0.15, 0.2) is 27.7 Å². The second kappa shape index (κ2) is 13.6. The standard InChI is InChI=1S/C18H29BrN4O2.HI/c1-3-20-18(21-7-4-8-23-9-11-25-12-10-23)22-14-15-5-6-17(24-2)16(19)13-15;/h5-6,13H,3-4,7-12,14H2,1-2H3,(H2,20,21,22);1H. The van der Waals surface area contributed by atoms with E-state index in [9.17, 15) is 0 Å². The topological polar surface area (TPSA) is 58.1 Å². The van der Waals surface area contributed by atoms with Crippen LogP contribution < -0.4 is 15.4 Å². The number of ether oxygens (including phenoxy) is 2. The molecular weight excluding hydrogens is 511 g/mol. The van der Waals surface area contributed by atoms with Crippen LogP contribution in [0.4, 0.5) is 0 Å². The summed E-state index contributed by atoms with van der Waals surface area (Å²) in [6, 6.07) is 6.04. The molecule has 0 bridgehead atoms. The van der Waals surface area contributed by atoms with Crippen LogP contribution in [0.5, 0.6) is 5.75 Å². The van der Waals surface area contributed by atoms with E-state index in [4.69, 9.17) is 9.47 Å². The molecule has 0 unspecified atom stereocenters. The molecule has 1 aliphatic heterocycles. The number of halogens is 2. The molecule has 0 radical (unpaired) electrons. The van der Waals surface area contributed by atoms with Gasteiger partial charge in [0.1, 0.15) is 5.75 Å². The lowest BCUT2D eigenvalue weighted by molar-refractivity contribution is 0.0376. The van der Waals surface area contributed by atoms with Crippen molar-refractivity contribution < 1.29 is 9.47 Å². The average molecular weight is 541 g/mol. The van der Waals surface area contributed by atoms with Gasteiger partial charge in [-0.05, 0) is 53.5 Å². The van der Waals surface area contributed by atoms with Crippen molar-refractivity contribution in [2.24, 2.45) is 4.99 Å². The summed E-state index contributed by atoms with van der Waals surface area (Å²) in [4.78, 5) is 7.11. The first-order valence-electron chi connectivity index (χ1n) is 8.87. The van der Waals surface area contributed by atoms with E-state index in [-0.39, 0.29) is 24.0 Å². The van der Waals surface area contributed by atoms with Crippen LogP contribution in [-0.2, 0) is 11.3 Å². The van der Waals surface area contributed by atoms with Crippen molar-refractivity contribution in [2.45, 2.75) is 19.9 Å². The summed E-state index contributed by atoms with van der Waals surface area (Å²) in [7, 11) is 1.67. The Morgan fingerprint density at radius 3 is 2.73 bits per heavy atom. The summed E-state index contributed by atoms with van der Waals surface area (Å²) in [5, 5.41) is 6.71. The average Bonchev–Trinajstić information content (AvgIpc) is 2.64. The van der Waals surface area contributed by atoms with Crippen LogP contribution in [0, 0.1) is 0 Å². The number of nitrogens with zero attached hydrogens (tertiary/aromatic N) is 2. The van der Waals surface area contributed by atoms with Gasteiger partial charge in [-0.2, -0.15) is 0 Å². The number of benzene rings is 1. The summed E-state index contributed by atoms with van der Waals surface area (Å²) in [6.45, 7) is 9.36. The molecule has 1 aliphatic rings. The minimum atomic E-state index is 0. The third-order valence-corrected chi connectivity index (χ3v) is 4.65. The van der Waals surface area contributed by atoms with E-state index >= 15 is 0 Å². The molecule has 148 valence electrons. The fourth-order valence-electron chi connectivity index (χ4n) is 2.65. The molecule has 8 heteroatoms. The Balaban J connectivity index is 0.00000338. The number of rotatable bonds is 8. The number of hydrogen-bond acceptors (Lipinski definition) is 4. The molecule has 1 aromatic carbocycles. The lowest BCUT2D eigenvalue weighted by atomic mass is 10.2. The number of hydrogen-bond donors (Lipinski definition) is 2. The van der Waals surface area contributed by atoms with Gasteiger partial charge >= 0.3 is 0 Å². The van der Waals surface area contributed by atoms with Gasteiger partial charge in [0.2, 0.25) is 0 Å². The van der Waals surface area contributed by atoms with Crippen molar-refractivity contribution in [1.29, 1.82) is 0 Å². The molecule has 0 spiro atoms. The number of methoxy groups -OCH3 is 1. The minimum Gasteiger partial charge on any atom is -0.496 e. The van der Waals surface area contributed by atoms with Crippen LogP contribution in [0.3, 0.4) is 0 Å². The van der Waals surface area contributed by atoms with E-state index in [1.165, 1.54) is 0 Å². The van der Waals surface area contributed by atoms with Gasteiger partial charge in [0, 0.05) is 26.2 Å². The van der Waals surface area contributed by atoms with E-state index in [2.05, 4.69) is 43.4 Å². The predicted molar refractivity (Wildman–Crippen MR) is 121 cm³/mol. The van der Waals surface area contributed by atoms with Crippen molar-refractivity contribution >= 4 is 45.9 Å². The molecule has 1 saturated heterocycles. The van der Waals surface area contributed by atoms with Gasteiger partial charge in [0.05, 0.1) is 31.3 Å². The normalized spacial score (nSPS) is 15.3. The fraction of sp³-hybridized carbons (Fsp3) is 0.611. The molecule has 0 saturated carbocycles. The zero-order valence-electron chi connectivity index (χ0n) is 15.6. The zero-order chi connectivity index (χ0) is 17.9. The van der Waals surface area contributed by atoms with Crippen molar-refractivity contribution in [2.75, 3.05) is 53.0 Å². The van der Waals surface area contributed by atoms with Gasteiger partial charge in [-0.25, -0.2) is 4.99 Å². The molecular formula is C18H30BrIN4O2. The molecule has 0 aromatic heterocycles. The molecule has 26 heavy (non-hydrogen) atoms. The molecule has 1 fully saturated rings. The van der Waals surface area contributed by atoms with Crippen LogP contribution in [0.2, 0.25) is 0 Å². The second-order valence-electron chi connectivity index (χ2n) is 5.90. The third-order valence-electron chi connectivity index (χ3n) is 4.03. The maximum absolute atomic E-state index is 5.38. The first kappa shape index (κ1) is 23.5. The van der Waals surface area contributed by atoms with Gasteiger partial charge in [0.25, 0.3) is 0 Å². The Kier molecular flexibility index (Phi) is 12.2. The molecule has 0 aliphatic carbocycles. The Labute approximate surface area is 182 Å². The maximum Gasteiger partial charge on any atom is 0.191 e. The number of morpholine rings is 1. The molecule has 0 amide bonds. The molecule has 2 N–H and O–H groups in total. The highest BCUT2D eigenvalue weighted by atomic mass is 127. The highest BCUT2D eigenvalue weighted by Gasteiger charge is 2.09. The largest absolute Gasteiger partial charge is 0.496 e. The van der Waals surface area contributed by atoms with E-state index in [1.54, 1.807) is 7.11 Å². The molecule has 1 heterocycles. The quantitative estimate of drug-likeness (QED) is 0.230. The highest BCUT2D eigenvalue weighted by molar-refractivity contribution is 14.0. The first-order chi connectivity index (χ1) is 12.2. The van der Waals surface area contributed by atoms with Crippen LogP contribution in [-0.4, -0.2) is 63.9 Å². The molecule has 6 nitrogen and oxygen atoms in total. The maximum atomic E-state index is 5.38. The van der Waals surface area contributed by atoms with E-state index in [1.807, 2.05) is 18.2 Å². The first-order valence-corrected chi connectivity index (χ1v) is 9.67. The lowest BCUT2D eigenvalue weighted by Crippen LogP contribution is -2.40. The second-order valence-corrected chi connectivity index (χ2v) is 6.75. The Morgan fingerprint density at radius 2 is 2.08 bits per heavy atom. The summed E-state index contributed by atoms with van der Waals surface area (Å²) in [6.07, 6.45) is 1.10. The summed E-state index contributed by atoms with van der Waals surface area (Å²) < 4.78 is 11.6. The van der Waals surface area contributed by atoms with Gasteiger partial charge in [-0.1, -0.05) is 6.07 Å². The van der Waals surface area contributed by atoms with Gasteiger partial charge in [-0.15, -0.1) is 24.0 Å². The number of nitrogens with one attached hydrogen (secondary N) is 2. The van der Waals surface area contributed by atoms with E-state index in [0.717, 1.165) is 74.1 Å². The third kappa shape index (κ3) is 8.41. The predicted octanol–water partition coefficient (Wildman–Crippen LogP) is 2.85. The monoisotopic (exact) mass is 540 g/mol. The summed E-state index contributed by atoms with van der Waals surface area (Å²) in [5.41, 5.74) is 1.14.